The fourth-order valence-electron chi connectivity index (χ4n) is 2.14. The quantitative estimate of drug-likeness (QED) is 0.780. The van der Waals surface area contributed by atoms with Crippen molar-refractivity contribution in [1.82, 2.24) is 19.8 Å². The van der Waals surface area contributed by atoms with Crippen LogP contribution in [0, 0.1) is 0 Å². The lowest BCUT2D eigenvalue weighted by Gasteiger charge is -2.28. The van der Waals surface area contributed by atoms with Crippen LogP contribution in [-0.4, -0.2) is 67.2 Å². The number of hydrogen-bond donors (Lipinski definition) is 1. The van der Waals surface area contributed by atoms with E-state index in [1.165, 1.54) is 26.2 Å². The molecule has 1 N–H and O–H groups in total. The van der Waals surface area contributed by atoms with Gasteiger partial charge in [-0.15, -0.1) is 0 Å². The van der Waals surface area contributed by atoms with E-state index in [0.717, 1.165) is 0 Å². The van der Waals surface area contributed by atoms with Crippen LogP contribution in [0.1, 0.15) is 34.6 Å². The number of benzene rings is 1. The first-order chi connectivity index (χ1) is 12.4. The van der Waals surface area contributed by atoms with Crippen LogP contribution in [0.5, 0.6) is 0 Å². The van der Waals surface area contributed by atoms with E-state index in [9.17, 15) is 8.42 Å². The molecule has 2 heterocycles. The van der Waals surface area contributed by atoms with Crippen molar-refractivity contribution < 1.29 is 8.42 Å². The Morgan fingerprint density at radius 2 is 1.62 bits per heavy atom. The van der Waals surface area contributed by atoms with Crippen molar-refractivity contribution in [2.75, 3.05) is 39.0 Å². The highest BCUT2D eigenvalue weighted by atomic mass is 32.2. The van der Waals surface area contributed by atoms with E-state index in [-0.39, 0.29) is 10.8 Å². The number of H-pyrrole nitrogens is 1. The Bertz CT molecular complexity index is 701. The monoisotopic (exact) mass is 402 g/mol. The maximum absolute atomic E-state index is 11.6. The largest absolute Gasteiger partial charge is 0.304 e. The maximum atomic E-state index is 11.6. The molecule has 2 aromatic rings. The van der Waals surface area contributed by atoms with Gasteiger partial charge in [0.1, 0.15) is 0 Å². The molecule has 0 saturated carbocycles. The average Bonchev–Trinajstić information content (AvgIpc) is 3.13. The lowest BCUT2D eigenvalue weighted by atomic mass is 10.3. The van der Waals surface area contributed by atoms with Gasteiger partial charge in [-0.1, -0.05) is 56.1 Å². The third kappa shape index (κ3) is 7.70. The number of hydrogen-bond acceptors (Lipinski definition) is 5. The first kappa shape index (κ1) is 25.0. The van der Waals surface area contributed by atoms with Gasteiger partial charge in [0.15, 0.2) is 14.9 Å². The van der Waals surface area contributed by atoms with E-state index in [1.54, 1.807) is 25.1 Å². The third-order valence-corrected chi connectivity index (χ3v) is 5.87. The summed E-state index contributed by atoms with van der Waals surface area (Å²) in [6, 6.07) is 7.15. The fraction of sp³-hybridized carbons (Fsp3) is 0.611. The van der Waals surface area contributed by atoms with Gasteiger partial charge in [-0.3, -0.25) is 9.77 Å². The Labute approximate surface area is 161 Å². The van der Waals surface area contributed by atoms with Crippen molar-refractivity contribution in [3.63, 3.8) is 0 Å². The smallest absolute Gasteiger partial charge is 0.195 e. The van der Waals surface area contributed by atoms with Gasteiger partial charge >= 0.3 is 0 Å². The highest BCUT2D eigenvalue weighted by Gasteiger charge is 2.17. The number of fused-ring (bicyclic) bond motifs is 1. The zero-order valence-electron chi connectivity index (χ0n) is 17.0. The number of piperazine rings is 1. The van der Waals surface area contributed by atoms with E-state index in [0.29, 0.717) is 10.9 Å². The van der Waals surface area contributed by atoms with Crippen LogP contribution < -0.4 is 0 Å². The minimum Gasteiger partial charge on any atom is -0.304 e. The van der Waals surface area contributed by atoms with E-state index < -0.39 is 9.84 Å². The lowest BCUT2D eigenvalue weighted by molar-refractivity contribution is 0.233. The van der Waals surface area contributed by atoms with E-state index in [1.807, 2.05) is 33.8 Å². The molecule has 150 valence electrons. The zero-order valence-corrected chi connectivity index (χ0v) is 19.0. The van der Waals surface area contributed by atoms with Gasteiger partial charge in [-0.2, -0.15) is 5.10 Å². The van der Waals surface area contributed by atoms with Crippen molar-refractivity contribution >= 4 is 30.1 Å². The van der Waals surface area contributed by atoms with Gasteiger partial charge in [-0.05, 0) is 19.2 Å². The molecular weight excluding hydrogens is 367 g/mol. The molecule has 0 aliphatic carbocycles. The van der Waals surface area contributed by atoms with Crippen LogP contribution in [0.25, 0.3) is 10.9 Å². The van der Waals surface area contributed by atoms with Crippen LogP contribution >= 0.6 is 9.39 Å². The van der Waals surface area contributed by atoms with Gasteiger partial charge in [0.05, 0.1) is 11.3 Å². The highest BCUT2D eigenvalue weighted by Crippen LogP contribution is 2.20. The number of nitrogens with zero attached hydrogens (tertiary/aromatic N) is 3. The molecule has 0 bridgehead atoms. The number of nitrogens with one attached hydrogen (secondary N) is 1. The average molecular weight is 403 g/mol. The van der Waals surface area contributed by atoms with Crippen molar-refractivity contribution in [3.05, 3.63) is 24.3 Å². The molecule has 1 saturated heterocycles. The highest BCUT2D eigenvalue weighted by molar-refractivity contribution is 7.91. The van der Waals surface area contributed by atoms with E-state index >= 15 is 0 Å². The molecule has 1 fully saturated rings. The number of aromatic amines is 1. The molecule has 8 heteroatoms. The summed E-state index contributed by atoms with van der Waals surface area (Å²) in [5.74, 6) is 0.0825. The molecule has 0 amide bonds. The number of aromatic nitrogens is 2. The zero-order chi connectivity index (χ0) is 20.2. The normalized spacial score (nSPS) is 15.0. The number of rotatable bonds is 2. The molecule has 1 atom stereocenters. The molecule has 0 spiro atoms. The predicted molar refractivity (Wildman–Crippen MR) is 115 cm³/mol. The minimum absolute atomic E-state index is 0.0825. The summed E-state index contributed by atoms with van der Waals surface area (Å²) in [5, 5.41) is 7.38. The van der Waals surface area contributed by atoms with Gasteiger partial charge in [-0.25, -0.2) is 8.42 Å². The SMILES string of the molecule is CC.CC.CCS(=O)(=O)c1[nH]nc2ccccc12.CN1CCN(P)CC1. The Kier molecular flexibility index (Phi) is 12.7. The molecule has 1 aromatic carbocycles. The van der Waals surface area contributed by atoms with Gasteiger partial charge in [0.25, 0.3) is 0 Å². The second-order valence-electron chi connectivity index (χ2n) is 5.31. The molecule has 1 aliphatic rings. The molecule has 26 heavy (non-hydrogen) atoms. The Balaban J connectivity index is 0.000000444. The molecular formula is C18H35N4O2PS. The second-order valence-corrected chi connectivity index (χ2v) is 8.26. The summed E-state index contributed by atoms with van der Waals surface area (Å²) >= 11 is 0. The van der Waals surface area contributed by atoms with Crippen LogP contribution in [0.4, 0.5) is 0 Å². The van der Waals surface area contributed by atoms with Crippen LogP contribution in [0.15, 0.2) is 29.3 Å². The minimum atomic E-state index is -3.20. The second kappa shape index (κ2) is 13.2. The summed E-state index contributed by atoms with van der Waals surface area (Å²) in [6.45, 7) is 14.4. The number of likely N-dealkylation sites (N-methyl/N-ethyl adjacent to an activating group) is 1. The topological polar surface area (TPSA) is 69.3 Å². The summed E-state index contributed by atoms with van der Waals surface area (Å²) in [6.07, 6.45) is 0. The molecule has 6 nitrogen and oxygen atoms in total. The van der Waals surface area contributed by atoms with Crippen molar-refractivity contribution in [3.8, 4) is 0 Å². The van der Waals surface area contributed by atoms with Gasteiger partial charge < -0.3 is 4.90 Å². The van der Waals surface area contributed by atoms with E-state index in [2.05, 4.69) is 36.2 Å². The first-order valence-electron chi connectivity index (χ1n) is 9.28. The summed E-state index contributed by atoms with van der Waals surface area (Å²) in [5.41, 5.74) is 0.680. The summed E-state index contributed by atoms with van der Waals surface area (Å²) in [4.78, 5) is 2.35. The van der Waals surface area contributed by atoms with Crippen molar-refractivity contribution in [2.24, 2.45) is 0 Å². The standard InChI is InChI=1S/C9H10N2O2S.C5H13N2P.2C2H6/c1-2-14(12,13)9-7-5-3-4-6-8(7)10-11-9;1-6-2-4-7(8)5-3-6;2*1-2/h3-6H,2H2,1H3,(H,10,11);2-5,8H2,1H3;2*1-2H3. The van der Waals surface area contributed by atoms with Crippen molar-refractivity contribution in [1.29, 1.82) is 0 Å². The van der Waals surface area contributed by atoms with E-state index in [4.69, 9.17) is 0 Å². The maximum Gasteiger partial charge on any atom is 0.195 e. The molecule has 1 unspecified atom stereocenters. The van der Waals surface area contributed by atoms with Gasteiger partial charge in [0, 0.05) is 31.6 Å². The fourth-order valence-corrected chi connectivity index (χ4v) is 3.35. The number of para-hydroxylation sites is 1. The molecule has 0 radical (unpaired) electrons. The molecule has 1 aromatic heterocycles. The Morgan fingerprint density at radius 1 is 1.08 bits per heavy atom. The number of sulfone groups is 1. The Hall–Kier alpha value is -1.01. The lowest BCUT2D eigenvalue weighted by Crippen LogP contribution is -2.39. The Morgan fingerprint density at radius 3 is 2.12 bits per heavy atom. The summed E-state index contributed by atoms with van der Waals surface area (Å²) < 4.78 is 25.5. The summed E-state index contributed by atoms with van der Waals surface area (Å²) in [7, 11) is 1.69. The van der Waals surface area contributed by atoms with Crippen molar-refractivity contribution in [2.45, 2.75) is 39.6 Å². The van der Waals surface area contributed by atoms with Gasteiger partial charge in [0.2, 0.25) is 0 Å². The third-order valence-electron chi connectivity index (χ3n) is 3.66. The van der Waals surface area contributed by atoms with Crippen LogP contribution in [0.2, 0.25) is 0 Å². The first-order valence-corrected chi connectivity index (χ1v) is 11.4. The predicted octanol–water partition coefficient (Wildman–Crippen LogP) is 3.43. The van der Waals surface area contributed by atoms with Crippen LogP contribution in [-0.2, 0) is 9.84 Å². The molecule has 3 rings (SSSR count). The molecule has 1 aliphatic heterocycles. The van der Waals surface area contributed by atoms with Crippen LogP contribution in [0.3, 0.4) is 0 Å².